The van der Waals surface area contributed by atoms with E-state index in [1.54, 1.807) is 6.20 Å². The van der Waals surface area contributed by atoms with Gasteiger partial charge < -0.3 is 10.6 Å². The fourth-order valence-corrected chi connectivity index (χ4v) is 3.84. The first-order valence-electron chi connectivity index (χ1n) is 9.51. The van der Waals surface area contributed by atoms with Crippen molar-refractivity contribution < 1.29 is 4.79 Å². The average molecular weight is 354 g/mol. The molecule has 0 unspecified atom stereocenters. The lowest BCUT2D eigenvalue weighted by Gasteiger charge is -2.27. The quantitative estimate of drug-likeness (QED) is 0.847. The lowest BCUT2D eigenvalue weighted by molar-refractivity contribution is 0.0932. The van der Waals surface area contributed by atoms with Crippen molar-refractivity contribution in [2.45, 2.75) is 38.4 Å². The number of hydrogen-bond acceptors (Lipinski definition) is 5. The molecule has 138 valence electrons. The monoisotopic (exact) mass is 354 g/mol. The summed E-state index contributed by atoms with van der Waals surface area (Å²) in [5.41, 5.74) is 2.74. The zero-order valence-corrected chi connectivity index (χ0v) is 15.0. The Kier molecular flexibility index (Phi) is 5.26. The van der Waals surface area contributed by atoms with Crippen LogP contribution in [0.1, 0.15) is 47.1 Å². The molecule has 2 aromatic rings. The van der Waals surface area contributed by atoms with Gasteiger partial charge >= 0.3 is 0 Å². The molecule has 1 atom stereocenters. The van der Waals surface area contributed by atoms with E-state index in [0.717, 1.165) is 50.4 Å². The molecule has 0 aliphatic carbocycles. The maximum absolute atomic E-state index is 12.7. The molecule has 2 N–H and O–H groups in total. The molecule has 4 rings (SSSR count). The maximum Gasteiger partial charge on any atom is 0.271 e. The molecule has 0 aromatic carbocycles. The Morgan fingerprint density at radius 3 is 2.96 bits per heavy atom. The van der Waals surface area contributed by atoms with Crippen LogP contribution in [0.2, 0.25) is 0 Å². The van der Waals surface area contributed by atoms with Gasteiger partial charge in [-0.25, -0.2) is 0 Å². The van der Waals surface area contributed by atoms with E-state index in [0.29, 0.717) is 12.2 Å². The number of nitrogens with zero attached hydrogens (tertiary/aromatic N) is 4. The standard InChI is InChI=1S/C19H26N6O/c26-19(17-11-16-13-21-7-4-10-25(16)23-17)22-14-18(24-8-1-2-9-24)15-5-3-6-20-12-15/h3,5-6,11-12,18,21H,1-2,4,7-10,13-14H2,(H,22,26)/t18-/m1/s1. The molecule has 0 radical (unpaired) electrons. The molecule has 0 spiro atoms. The second-order valence-electron chi connectivity index (χ2n) is 7.03. The summed E-state index contributed by atoms with van der Waals surface area (Å²) in [6.07, 6.45) is 7.15. The number of fused-ring (bicyclic) bond motifs is 1. The van der Waals surface area contributed by atoms with Gasteiger partial charge in [0.15, 0.2) is 0 Å². The third-order valence-corrected chi connectivity index (χ3v) is 5.23. The first-order valence-corrected chi connectivity index (χ1v) is 9.51. The predicted molar refractivity (Wildman–Crippen MR) is 98.7 cm³/mol. The van der Waals surface area contributed by atoms with Crippen LogP contribution in [0.5, 0.6) is 0 Å². The van der Waals surface area contributed by atoms with Gasteiger partial charge in [0.1, 0.15) is 5.69 Å². The van der Waals surface area contributed by atoms with Gasteiger partial charge in [0.05, 0.1) is 11.7 Å². The number of aryl methyl sites for hydroxylation is 1. The van der Waals surface area contributed by atoms with Gasteiger partial charge in [-0.2, -0.15) is 5.10 Å². The summed E-state index contributed by atoms with van der Waals surface area (Å²) in [5.74, 6) is -0.0985. The van der Waals surface area contributed by atoms with Crippen LogP contribution in [0.25, 0.3) is 0 Å². The van der Waals surface area contributed by atoms with E-state index >= 15 is 0 Å². The fraction of sp³-hybridized carbons (Fsp3) is 0.526. The van der Waals surface area contributed by atoms with Gasteiger partial charge in [-0.15, -0.1) is 0 Å². The largest absolute Gasteiger partial charge is 0.349 e. The van der Waals surface area contributed by atoms with Gasteiger partial charge in [0.2, 0.25) is 0 Å². The first-order chi connectivity index (χ1) is 12.8. The lowest BCUT2D eigenvalue weighted by atomic mass is 10.1. The van der Waals surface area contributed by atoms with Crippen molar-refractivity contribution in [1.29, 1.82) is 0 Å². The number of carbonyl (C=O) groups is 1. The van der Waals surface area contributed by atoms with Crippen LogP contribution in [0, 0.1) is 0 Å². The van der Waals surface area contributed by atoms with E-state index in [1.807, 2.05) is 23.0 Å². The highest BCUT2D eigenvalue weighted by atomic mass is 16.1. The van der Waals surface area contributed by atoms with Crippen molar-refractivity contribution in [3.8, 4) is 0 Å². The molecule has 0 bridgehead atoms. The summed E-state index contributed by atoms with van der Waals surface area (Å²) < 4.78 is 1.95. The minimum atomic E-state index is -0.0985. The zero-order chi connectivity index (χ0) is 17.8. The molecule has 7 heteroatoms. The van der Waals surface area contributed by atoms with Crippen molar-refractivity contribution in [2.75, 3.05) is 26.2 Å². The molecule has 4 heterocycles. The summed E-state index contributed by atoms with van der Waals surface area (Å²) >= 11 is 0. The summed E-state index contributed by atoms with van der Waals surface area (Å²) in [5, 5.41) is 11.0. The number of carbonyl (C=O) groups excluding carboxylic acids is 1. The SMILES string of the molecule is O=C(NC[C@H](c1cccnc1)N1CCCC1)c1cc2n(n1)CCCNC2. The Morgan fingerprint density at radius 2 is 2.15 bits per heavy atom. The van der Waals surface area contributed by atoms with Crippen molar-refractivity contribution in [2.24, 2.45) is 0 Å². The third-order valence-electron chi connectivity index (χ3n) is 5.23. The van der Waals surface area contributed by atoms with E-state index in [4.69, 9.17) is 0 Å². The van der Waals surface area contributed by atoms with E-state index in [9.17, 15) is 4.79 Å². The Balaban J connectivity index is 1.44. The van der Waals surface area contributed by atoms with E-state index in [-0.39, 0.29) is 11.9 Å². The van der Waals surface area contributed by atoms with Crippen molar-refractivity contribution in [3.63, 3.8) is 0 Å². The van der Waals surface area contributed by atoms with Crippen molar-refractivity contribution in [1.82, 2.24) is 30.3 Å². The van der Waals surface area contributed by atoms with Gasteiger partial charge in [-0.3, -0.25) is 19.4 Å². The summed E-state index contributed by atoms with van der Waals surface area (Å²) in [4.78, 5) is 19.3. The molecule has 2 aliphatic rings. The fourth-order valence-electron chi connectivity index (χ4n) is 3.84. The second-order valence-corrected chi connectivity index (χ2v) is 7.03. The van der Waals surface area contributed by atoms with Crippen LogP contribution in [0.4, 0.5) is 0 Å². The normalized spacial score (nSPS) is 18.9. The third kappa shape index (κ3) is 3.78. The minimum absolute atomic E-state index is 0.0985. The Hall–Kier alpha value is -2.25. The molecule has 1 fully saturated rings. The average Bonchev–Trinajstić information content (AvgIpc) is 3.29. The first kappa shape index (κ1) is 17.2. The van der Waals surface area contributed by atoms with Gasteiger partial charge in [0.25, 0.3) is 5.91 Å². The van der Waals surface area contributed by atoms with Gasteiger partial charge in [-0.05, 0) is 56.6 Å². The molecule has 2 aromatic heterocycles. The Bertz CT molecular complexity index is 714. The number of amides is 1. The molecular weight excluding hydrogens is 328 g/mol. The van der Waals surface area contributed by atoms with Crippen molar-refractivity contribution >= 4 is 5.91 Å². The van der Waals surface area contributed by atoms with Crippen LogP contribution in [0.15, 0.2) is 30.6 Å². The summed E-state index contributed by atoms with van der Waals surface area (Å²) in [7, 11) is 0. The molecule has 1 amide bonds. The molecule has 26 heavy (non-hydrogen) atoms. The molecule has 7 nitrogen and oxygen atoms in total. The summed E-state index contributed by atoms with van der Waals surface area (Å²) in [6.45, 7) is 5.34. The van der Waals surface area contributed by atoms with Gasteiger partial charge in [-0.1, -0.05) is 6.07 Å². The van der Waals surface area contributed by atoms with Crippen LogP contribution in [0.3, 0.4) is 0 Å². The highest BCUT2D eigenvalue weighted by molar-refractivity contribution is 5.92. The van der Waals surface area contributed by atoms with Crippen molar-refractivity contribution in [3.05, 3.63) is 47.5 Å². The number of aromatic nitrogens is 3. The second kappa shape index (κ2) is 7.97. The topological polar surface area (TPSA) is 75.1 Å². The highest BCUT2D eigenvalue weighted by Gasteiger charge is 2.25. The number of likely N-dealkylation sites (tertiary alicyclic amines) is 1. The number of rotatable bonds is 5. The minimum Gasteiger partial charge on any atom is -0.349 e. The van der Waals surface area contributed by atoms with E-state index < -0.39 is 0 Å². The lowest BCUT2D eigenvalue weighted by Crippen LogP contribution is -2.37. The van der Waals surface area contributed by atoms with Crippen LogP contribution < -0.4 is 10.6 Å². The smallest absolute Gasteiger partial charge is 0.271 e. The van der Waals surface area contributed by atoms with Gasteiger partial charge in [0, 0.05) is 32.0 Å². The molecule has 2 aliphatic heterocycles. The number of hydrogen-bond donors (Lipinski definition) is 2. The molecule has 1 saturated heterocycles. The number of pyridine rings is 1. The Labute approximate surface area is 153 Å². The van der Waals surface area contributed by atoms with E-state index in [1.165, 1.54) is 12.8 Å². The Morgan fingerprint density at radius 1 is 1.27 bits per heavy atom. The highest BCUT2D eigenvalue weighted by Crippen LogP contribution is 2.24. The molecule has 0 saturated carbocycles. The van der Waals surface area contributed by atoms with Crippen LogP contribution in [-0.4, -0.2) is 51.8 Å². The number of nitrogens with one attached hydrogen (secondary N) is 2. The summed E-state index contributed by atoms with van der Waals surface area (Å²) in [6, 6.07) is 6.12. The van der Waals surface area contributed by atoms with Crippen LogP contribution in [-0.2, 0) is 13.1 Å². The molecular formula is C19H26N6O. The maximum atomic E-state index is 12.7. The van der Waals surface area contributed by atoms with Crippen LogP contribution >= 0.6 is 0 Å². The predicted octanol–water partition coefficient (Wildman–Crippen LogP) is 1.34. The van der Waals surface area contributed by atoms with E-state index in [2.05, 4.69) is 31.7 Å². The zero-order valence-electron chi connectivity index (χ0n) is 15.0.